The number of aryl methyl sites for hydroxylation is 1. The molecule has 0 aliphatic heterocycles. The zero-order valence-corrected chi connectivity index (χ0v) is 16.6. The summed E-state index contributed by atoms with van der Waals surface area (Å²) in [5.41, 5.74) is 0.882. The Bertz CT molecular complexity index is 951. The normalized spacial score (nSPS) is 13.3. The molecule has 0 saturated carbocycles. The number of nitro groups is 1. The Morgan fingerprint density at radius 1 is 1.04 bits per heavy atom. The summed E-state index contributed by atoms with van der Waals surface area (Å²) in [5, 5.41) is 10.8. The molecule has 2 aromatic rings. The molecule has 0 saturated heterocycles. The maximum atomic E-state index is 12.9. The average Bonchev–Trinajstić information content (AvgIpc) is 2.66. The van der Waals surface area contributed by atoms with E-state index in [-0.39, 0.29) is 16.1 Å². The first-order valence-corrected chi connectivity index (χ1v) is 10.8. The zero-order chi connectivity index (χ0) is 20.2. The Hall–Kier alpha value is -2.10. The van der Waals surface area contributed by atoms with E-state index in [9.17, 15) is 23.1 Å². The van der Waals surface area contributed by atoms with Crippen LogP contribution in [0.25, 0.3) is 0 Å². The highest BCUT2D eigenvalue weighted by Crippen LogP contribution is 2.58. The number of nitrogens with zero attached hydrogens (tertiary/aromatic N) is 1. The summed E-state index contributed by atoms with van der Waals surface area (Å²) in [5.74, 6) is -1.39. The number of nitro benzene ring substituents is 1. The van der Waals surface area contributed by atoms with Crippen LogP contribution in [0.5, 0.6) is 0 Å². The van der Waals surface area contributed by atoms with Gasteiger partial charge >= 0.3 is 7.60 Å². The summed E-state index contributed by atoms with van der Waals surface area (Å²) in [6.07, 6.45) is 0. The lowest BCUT2D eigenvalue weighted by atomic mass is 10.2. The molecular formula is C16H19N2O7PS. The fraction of sp³-hybridized carbons (Fsp3) is 0.250. The van der Waals surface area contributed by atoms with E-state index in [1.165, 1.54) is 36.4 Å². The van der Waals surface area contributed by atoms with Crippen molar-refractivity contribution in [1.82, 2.24) is 4.72 Å². The number of rotatable bonds is 8. The average molecular weight is 414 g/mol. The Morgan fingerprint density at radius 2 is 1.56 bits per heavy atom. The molecule has 27 heavy (non-hydrogen) atoms. The smallest absolute Gasteiger partial charge is 0.311 e. The number of sulfonamides is 1. The quantitative estimate of drug-likeness (QED) is 0.399. The van der Waals surface area contributed by atoms with E-state index in [0.29, 0.717) is 0 Å². The molecule has 0 aliphatic carbocycles. The lowest BCUT2D eigenvalue weighted by molar-refractivity contribution is -0.384. The van der Waals surface area contributed by atoms with Gasteiger partial charge in [0.25, 0.3) is 5.69 Å². The second-order valence-electron chi connectivity index (χ2n) is 5.59. The Balaban J connectivity index is 2.48. The summed E-state index contributed by atoms with van der Waals surface area (Å²) in [4.78, 5) is 10.2. The van der Waals surface area contributed by atoms with Crippen molar-refractivity contribution in [2.24, 2.45) is 0 Å². The SMILES string of the molecule is COP(=O)(OC)C(NS(=O)(=O)c1ccc(C)cc1)c1ccc([N+](=O)[O-])cc1. The number of benzene rings is 2. The monoisotopic (exact) mass is 414 g/mol. The van der Waals surface area contributed by atoms with Gasteiger partial charge in [0.2, 0.25) is 10.0 Å². The van der Waals surface area contributed by atoms with Gasteiger partial charge in [-0.25, -0.2) is 8.42 Å². The molecule has 1 atom stereocenters. The third kappa shape index (κ3) is 4.79. The predicted octanol–water partition coefficient (Wildman–Crippen LogP) is 3.37. The molecule has 11 heteroatoms. The van der Waals surface area contributed by atoms with Gasteiger partial charge < -0.3 is 9.05 Å². The molecule has 0 bridgehead atoms. The van der Waals surface area contributed by atoms with Gasteiger partial charge in [0, 0.05) is 26.4 Å². The molecule has 146 valence electrons. The Morgan fingerprint density at radius 3 is 2.00 bits per heavy atom. The number of hydrogen-bond donors (Lipinski definition) is 1. The lowest BCUT2D eigenvalue weighted by Gasteiger charge is -2.25. The van der Waals surface area contributed by atoms with Gasteiger partial charge in [-0.15, -0.1) is 0 Å². The maximum Gasteiger partial charge on any atom is 0.352 e. The molecule has 2 rings (SSSR count). The van der Waals surface area contributed by atoms with Crippen LogP contribution in [0.1, 0.15) is 16.9 Å². The summed E-state index contributed by atoms with van der Waals surface area (Å²) >= 11 is 0. The van der Waals surface area contributed by atoms with E-state index in [1.807, 2.05) is 6.92 Å². The van der Waals surface area contributed by atoms with E-state index in [0.717, 1.165) is 19.8 Å². The second kappa shape index (κ2) is 8.28. The van der Waals surface area contributed by atoms with Gasteiger partial charge in [0.1, 0.15) is 5.78 Å². The van der Waals surface area contributed by atoms with Crippen molar-refractivity contribution in [1.29, 1.82) is 0 Å². The van der Waals surface area contributed by atoms with E-state index in [4.69, 9.17) is 9.05 Å². The van der Waals surface area contributed by atoms with Gasteiger partial charge in [-0.05, 0) is 36.8 Å². The van der Waals surface area contributed by atoms with Crippen molar-refractivity contribution in [3.8, 4) is 0 Å². The molecule has 9 nitrogen and oxygen atoms in total. The largest absolute Gasteiger partial charge is 0.352 e. The third-order valence-electron chi connectivity index (χ3n) is 3.84. The molecule has 2 aromatic carbocycles. The first-order chi connectivity index (χ1) is 12.6. The van der Waals surface area contributed by atoms with Crippen LogP contribution in [0, 0.1) is 17.0 Å². The van der Waals surface area contributed by atoms with Gasteiger partial charge in [0.15, 0.2) is 0 Å². The zero-order valence-electron chi connectivity index (χ0n) is 14.9. The summed E-state index contributed by atoms with van der Waals surface area (Å²) in [6.45, 7) is 1.81. The highest BCUT2D eigenvalue weighted by molar-refractivity contribution is 7.89. The summed E-state index contributed by atoms with van der Waals surface area (Å²) in [7, 11) is -5.75. The van der Waals surface area contributed by atoms with Crippen LogP contribution in [0.3, 0.4) is 0 Å². The van der Waals surface area contributed by atoms with Crippen molar-refractivity contribution in [3.05, 3.63) is 69.8 Å². The van der Waals surface area contributed by atoms with Gasteiger partial charge in [-0.2, -0.15) is 4.72 Å². The van der Waals surface area contributed by atoms with Crippen molar-refractivity contribution in [2.75, 3.05) is 14.2 Å². The molecule has 0 aromatic heterocycles. The lowest BCUT2D eigenvalue weighted by Crippen LogP contribution is -2.29. The first-order valence-electron chi connectivity index (χ1n) is 7.67. The van der Waals surface area contributed by atoms with Crippen LogP contribution in [0.2, 0.25) is 0 Å². The Kier molecular flexibility index (Phi) is 6.50. The van der Waals surface area contributed by atoms with Gasteiger partial charge in [-0.3, -0.25) is 14.7 Å². The third-order valence-corrected chi connectivity index (χ3v) is 7.53. The number of non-ortho nitro benzene ring substituents is 1. The van der Waals surface area contributed by atoms with Crippen LogP contribution in [0.4, 0.5) is 5.69 Å². The minimum atomic E-state index is -4.07. The minimum Gasteiger partial charge on any atom is -0.311 e. The second-order valence-corrected chi connectivity index (χ2v) is 9.63. The molecular weight excluding hydrogens is 395 g/mol. The van der Waals surface area contributed by atoms with Crippen LogP contribution < -0.4 is 4.72 Å². The predicted molar refractivity (Wildman–Crippen MR) is 99.0 cm³/mol. The molecule has 0 radical (unpaired) electrons. The van der Waals surface area contributed by atoms with Crippen LogP contribution >= 0.6 is 7.60 Å². The molecule has 0 aliphatic rings. The fourth-order valence-electron chi connectivity index (χ4n) is 2.31. The molecule has 1 unspecified atom stereocenters. The van der Waals surface area contributed by atoms with E-state index in [1.54, 1.807) is 12.1 Å². The van der Waals surface area contributed by atoms with Crippen molar-refractivity contribution in [2.45, 2.75) is 17.6 Å². The standard InChI is InChI=1S/C16H19N2O7PS/c1-12-4-10-15(11-5-12)27(22,23)17-16(26(21,24-2)25-3)13-6-8-14(9-7-13)18(19)20/h4-11,16-17H,1-3H3. The topological polar surface area (TPSA) is 125 Å². The van der Waals surface area contributed by atoms with Crippen molar-refractivity contribution in [3.63, 3.8) is 0 Å². The van der Waals surface area contributed by atoms with E-state index < -0.39 is 28.3 Å². The molecule has 0 fully saturated rings. The van der Waals surface area contributed by atoms with E-state index >= 15 is 0 Å². The van der Waals surface area contributed by atoms with Gasteiger partial charge in [-0.1, -0.05) is 17.7 Å². The highest BCUT2D eigenvalue weighted by atomic mass is 32.2. The summed E-state index contributed by atoms with van der Waals surface area (Å²) < 4.78 is 50.6. The molecule has 0 amide bonds. The van der Waals surface area contributed by atoms with Crippen LogP contribution in [-0.2, 0) is 23.6 Å². The van der Waals surface area contributed by atoms with Crippen molar-refractivity contribution >= 4 is 23.3 Å². The minimum absolute atomic E-state index is 0.0289. The Labute approximate surface area is 157 Å². The molecule has 1 N–H and O–H groups in total. The first kappa shape index (κ1) is 21.2. The van der Waals surface area contributed by atoms with Gasteiger partial charge in [0.05, 0.1) is 9.82 Å². The van der Waals surface area contributed by atoms with Crippen molar-refractivity contribution < 1.29 is 27.0 Å². The summed E-state index contributed by atoms with van der Waals surface area (Å²) in [6, 6.07) is 11.0. The molecule has 0 spiro atoms. The number of hydrogen-bond acceptors (Lipinski definition) is 7. The fourth-order valence-corrected chi connectivity index (χ4v) is 5.41. The highest BCUT2D eigenvalue weighted by Gasteiger charge is 2.39. The number of nitrogens with one attached hydrogen (secondary N) is 1. The van der Waals surface area contributed by atoms with E-state index in [2.05, 4.69) is 4.72 Å². The van der Waals surface area contributed by atoms with Crippen LogP contribution in [0.15, 0.2) is 53.4 Å². The maximum absolute atomic E-state index is 12.9. The van der Waals surface area contributed by atoms with Crippen LogP contribution in [-0.4, -0.2) is 27.6 Å². The molecule has 0 heterocycles.